The van der Waals surface area contributed by atoms with Gasteiger partial charge in [0.25, 0.3) is 0 Å². The Labute approximate surface area is 105 Å². The molecule has 2 aliphatic carbocycles. The Hall–Kier alpha value is -0.0800. The first-order chi connectivity index (χ1) is 8.36. The third-order valence-electron chi connectivity index (χ3n) is 5.09. The van der Waals surface area contributed by atoms with Gasteiger partial charge in [0.2, 0.25) is 0 Å². The lowest BCUT2D eigenvalue weighted by molar-refractivity contribution is -0.0629. The minimum atomic E-state index is 0.306. The largest absolute Gasteiger partial charge is 0.370 e. The molecular formula is C15H27NO. The second-order valence-electron chi connectivity index (χ2n) is 6.41. The van der Waals surface area contributed by atoms with Gasteiger partial charge in [-0.1, -0.05) is 32.1 Å². The van der Waals surface area contributed by atoms with Crippen LogP contribution in [0.1, 0.15) is 70.6 Å². The Balaban J connectivity index is 1.43. The van der Waals surface area contributed by atoms with Crippen molar-refractivity contribution >= 4 is 0 Å². The molecule has 0 aromatic carbocycles. The molecule has 1 spiro atoms. The summed E-state index contributed by atoms with van der Waals surface area (Å²) in [5.74, 6) is 0. The van der Waals surface area contributed by atoms with Gasteiger partial charge in [-0.05, 0) is 38.5 Å². The fourth-order valence-corrected chi connectivity index (χ4v) is 4.03. The van der Waals surface area contributed by atoms with Crippen LogP contribution in [0.3, 0.4) is 0 Å². The maximum atomic E-state index is 6.39. The van der Waals surface area contributed by atoms with Gasteiger partial charge in [0.1, 0.15) is 0 Å². The van der Waals surface area contributed by atoms with Crippen molar-refractivity contribution in [2.24, 2.45) is 0 Å². The molecule has 0 aromatic heterocycles. The highest BCUT2D eigenvalue weighted by atomic mass is 16.5. The number of hydrogen-bond donors (Lipinski definition) is 1. The number of hydrogen-bond acceptors (Lipinski definition) is 2. The van der Waals surface area contributed by atoms with E-state index in [4.69, 9.17) is 4.74 Å². The molecule has 2 nitrogen and oxygen atoms in total. The molecule has 0 aromatic rings. The van der Waals surface area contributed by atoms with Gasteiger partial charge in [-0.25, -0.2) is 0 Å². The average molecular weight is 237 g/mol. The monoisotopic (exact) mass is 237 g/mol. The molecule has 17 heavy (non-hydrogen) atoms. The van der Waals surface area contributed by atoms with Crippen LogP contribution >= 0.6 is 0 Å². The molecule has 98 valence electrons. The summed E-state index contributed by atoms with van der Waals surface area (Å²) in [6.45, 7) is 1.10. The van der Waals surface area contributed by atoms with E-state index in [-0.39, 0.29) is 0 Å². The van der Waals surface area contributed by atoms with Crippen molar-refractivity contribution in [2.75, 3.05) is 6.54 Å². The molecular weight excluding hydrogens is 210 g/mol. The van der Waals surface area contributed by atoms with Gasteiger partial charge in [-0.2, -0.15) is 0 Å². The minimum Gasteiger partial charge on any atom is -0.370 e. The van der Waals surface area contributed by atoms with Gasteiger partial charge in [0.05, 0.1) is 11.7 Å². The van der Waals surface area contributed by atoms with Crippen molar-refractivity contribution in [1.29, 1.82) is 0 Å². The van der Waals surface area contributed by atoms with E-state index in [2.05, 4.69) is 5.32 Å². The van der Waals surface area contributed by atoms with Crippen molar-refractivity contribution in [1.82, 2.24) is 5.32 Å². The molecule has 3 aliphatic rings. The van der Waals surface area contributed by atoms with Crippen LogP contribution < -0.4 is 5.32 Å². The highest BCUT2D eigenvalue weighted by molar-refractivity contribution is 4.92. The maximum Gasteiger partial charge on any atom is 0.0708 e. The zero-order chi connectivity index (χ0) is 11.6. The van der Waals surface area contributed by atoms with Gasteiger partial charge >= 0.3 is 0 Å². The fourth-order valence-electron chi connectivity index (χ4n) is 4.03. The average Bonchev–Trinajstić information content (AvgIpc) is 2.98. The van der Waals surface area contributed by atoms with E-state index < -0.39 is 0 Å². The summed E-state index contributed by atoms with van der Waals surface area (Å²) in [4.78, 5) is 0. The molecule has 2 saturated carbocycles. The van der Waals surface area contributed by atoms with Crippen molar-refractivity contribution in [3.8, 4) is 0 Å². The summed E-state index contributed by atoms with van der Waals surface area (Å²) in [5.41, 5.74) is 0.306. The lowest BCUT2D eigenvalue weighted by Gasteiger charge is -2.33. The van der Waals surface area contributed by atoms with E-state index in [9.17, 15) is 0 Å². The summed E-state index contributed by atoms with van der Waals surface area (Å²) in [5, 5.41) is 3.72. The Morgan fingerprint density at radius 3 is 2.41 bits per heavy atom. The van der Waals surface area contributed by atoms with Gasteiger partial charge < -0.3 is 10.1 Å². The van der Waals surface area contributed by atoms with E-state index in [1.54, 1.807) is 0 Å². The number of rotatable bonds is 3. The summed E-state index contributed by atoms with van der Waals surface area (Å²) in [7, 11) is 0. The van der Waals surface area contributed by atoms with Crippen LogP contribution in [-0.4, -0.2) is 24.3 Å². The lowest BCUT2D eigenvalue weighted by Crippen LogP contribution is -2.37. The molecule has 1 saturated heterocycles. The van der Waals surface area contributed by atoms with E-state index >= 15 is 0 Å². The Morgan fingerprint density at radius 2 is 1.65 bits per heavy atom. The fraction of sp³-hybridized carbons (Fsp3) is 1.00. The third-order valence-corrected chi connectivity index (χ3v) is 5.09. The van der Waals surface area contributed by atoms with Crippen LogP contribution in [0.15, 0.2) is 0 Å². The van der Waals surface area contributed by atoms with Crippen LogP contribution in [0.4, 0.5) is 0 Å². The molecule has 3 fully saturated rings. The van der Waals surface area contributed by atoms with E-state index in [0.717, 1.165) is 12.6 Å². The SMILES string of the molecule is C1CCC2(CC1)CCC(CNC1CCCC1)O2. The Morgan fingerprint density at radius 1 is 0.882 bits per heavy atom. The minimum absolute atomic E-state index is 0.306. The van der Waals surface area contributed by atoms with Crippen molar-refractivity contribution in [3.05, 3.63) is 0 Å². The number of ether oxygens (including phenoxy) is 1. The molecule has 0 bridgehead atoms. The molecule has 1 N–H and O–H groups in total. The molecule has 0 radical (unpaired) electrons. The summed E-state index contributed by atoms with van der Waals surface area (Å²) >= 11 is 0. The van der Waals surface area contributed by atoms with Crippen molar-refractivity contribution < 1.29 is 4.74 Å². The van der Waals surface area contributed by atoms with Crippen LogP contribution in [0, 0.1) is 0 Å². The lowest BCUT2D eigenvalue weighted by atomic mass is 9.83. The van der Waals surface area contributed by atoms with Gasteiger partial charge in [0, 0.05) is 12.6 Å². The second-order valence-corrected chi connectivity index (χ2v) is 6.41. The molecule has 1 unspecified atom stereocenters. The van der Waals surface area contributed by atoms with Gasteiger partial charge in [0.15, 0.2) is 0 Å². The van der Waals surface area contributed by atoms with Crippen molar-refractivity contribution in [2.45, 2.75) is 88.4 Å². The summed E-state index contributed by atoms with van der Waals surface area (Å²) in [6, 6.07) is 0.793. The quantitative estimate of drug-likeness (QED) is 0.812. The van der Waals surface area contributed by atoms with E-state index in [1.807, 2.05) is 0 Å². The summed E-state index contributed by atoms with van der Waals surface area (Å²) < 4.78 is 6.39. The standard InChI is InChI=1S/C15H27NO/c1-4-9-15(10-5-1)11-8-14(17-15)12-16-13-6-2-3-7-13/h13-14,16H,1-12H2. The summed E-state index contributed by atoms with van der Waals surface area (Å²) in [6.07, 6.45) is 15.6. The van der Waals surface area contributed by atoms with Gasteiger partial charge in [-0.15, -0.1) is 0 Å². The van der Waals surface area contributed by atoms with E-state index in [0.29, 0.717) is 11.7 Å². The molecule has 2 heteroatoms. The van der Waals surface area contributed by atoms with E-state index in [1.165, 1.54) is 70.6 Å². The van der Waals surface area contributed by atoms with Crippen LogP contribution in [0.5, 0.6) is 0 Å². The second kappa shape index (κ2) is 5.27. The van der Waals surface area contributed by atoms with Crippen molar-refractivity contribution in [3.63, 3.8) is 0 Å². The topological polar surface area (TPSA) is 21.3 Å². The van der Waals surface area contributed by atoms with Crippen LogP contribution in [0.25, 0.3) is 0 Å². The first kappa shape index (κ1) is 12.0. The first-order valence-electron chi connectivity index (χ1n) is 7.78. The van der Waals surface area contributed by atoms with Gasteiger partial charge in [-0.3, -0.25) is 0 Å². The third kappa shape index (κ3) is 2.85. The Bertz CT molecular complexity index is 241. The Kier molecular flexibility index (Phi) is 3.72. The van der Waals surface area contributed by atoms with Crippen LogP contribution in [-0.2, 0) is 4.74 Å². The predicted octanol–water partition coefficient (Wildman–Crippen LogP) is 3.40. The zero-order valence-electron chi connectivity index (χ0n) is 11.0. The maximum absolute atomic E-state index is 6.39. The van der Waals surface area contributed by atoms with Crippen LogP contribution in [0.2, 0.25) is 0 Å². The molecule has 1 heterocycles. The number of nitrogens with one attached hydrogen (secondary N) is 1. The molecule has 1 atom stereocenters. The highest BCUT2D eigenvalue weighted by Gasteiger charge is 2.40. The molecule has 1 aliphatic heterocycles. The smallest absolute Gasteiger partial charge is 0.0708 e. The predicted molar refractivity (Wildman–Crippen MR) is 70.2 cm³/mol. The first-order valence-corrected chi connectivity index (χ1v) is 7.78. The molecule has 3 rings (SSSR count). The molecule has 0 amide bonds. The zero-order valence-corrected chi connectivity index (χ0v) is 11.0. The normalized spacial score (nSPS) is 33.5. The highest BCUT2D eigenvalue weighted by Crippen LogP contribution is 2.41.